The zero-order valence-corrected chi connectivity index (χ0v) is 12.6. The van der Waals surface area contributed by atoms with Crippen LogP contribution in [-0.4, -0.2) is 32.6 Å². The van der Waals surface area contributed by atoms with Gasteiger partial charge in [0.05, 0.1) is 17.4 Å². The molecule has 0 N–H and O–H groups in total. The number of rotatable bonds is 4. The van der Waals surface area contributed by atoms with Gasteiger partial charge < -0.3 is 4.90 Å². The van der Waals surface area contributed by atoms with Crippen LogP contribution in [0, 0.1) is 5.82 Å². The number of nitrogens with zero attached hydrogens (tertiary/aromatic N) is 4. The summed E-state index contributed by atoms with van der Waals surface area (Å²) < 4.78 is 15.0. The number of carbonyl (C=O) groups is 1. The molecular formula is C17H15FN4O. The Balaban J connectivity index is 1.83. The third-order valence-electron chi connectivity index (χ3n) is 3.45. The van der Waals surface area contributed by atoms with Crippen molar-refractivity contribution in [1.29, 1.82) is 0 Å². The van der Waals surface area contributed by atoms with Gasteiger partial charge in [0.25, 0.3) is 5.91 Å². The van der Waals surface area contributed by atoms with Gasteiger partial charge in [-0.15, -0.1) is 0 Å². The molecule has 5 nitrogen and oxygen atoms in total. The average molecular weight is 310 g/mol. The van der Waals surface area contributed by atoms with Crippen molar-refractivity contribution >= 4 is 5.91 Å². The van der Waals surface area contributed by atoms with Gasteiger partial charge in [-0.2, -0.15) is 5.10 Å². The number of amides is 1. The Morgan fingerprint density at radius 2 is 2.09 bits per heavy atom. The molecule has 23 heavy (non-hydrogen) atoms. The fourth-order valence-electron chi connectivity index (χ4n) is 2.36. The zero-order chi connectivity index (χ0) is 16.2. The number of para-hydroxylation sites is 1. The second-order valence-electron chi connectivity index (χ2n) is 5.13. The summed E-state index contributed by atoms with van der Waals surface area (Å²) in [5, 5.41) is 4.22. The van der Waals surface area contributed by atoms with Gasteiger partial charge in [-0.3, -0.25) is 9.78 Å². The number of carbonyl (C=O) groups excluding carboxylic acids is 1. The Bertz CT molecular complexity index is 817. The Hall–Kier alpha value is -3.02. The van der Waals surface area contributed by atoms with Gasteiger partial charge in [-0.1, -0.05) is 18.2 Å². The summed E-state index contributed by atoms with van der Waals surface area (Å²) in [4.78, 5) is 17.6. The minimum Gasteiger partial charge on any atom is -0.337 e. The van der Waals surface area contributed by atoms with Crippen LogP contribution in [0.5, 0.6) is 0 Å². The molecule has 116 valence electrons. The molecular weight excluding hydrogens is 295 g/mol. The van der Waals surface area contributed by atoms with Crippen molar-refractivity contribution in [3.05, 3.63) is 78.1 Å². The van der Waals surface area contributed by atoms with Crippen LogP contribution in [0.15, 0.2) is 61.2 Å². The molecule has 6 heteroatoms. The van der Waals surface area contributed by atoms with E-state index in [0.29, 0.717) is 6.54 Å². The topological polar surface area (TPSA) is 51.0 Å². The molecule has 0 bridgehead atoms. The molecule has 0 unspecified atom stereocenters. The second-order valence-corrected chi connectivity index (χ2v) is 5.13. The van der Waals surface area contributed by atoms with Crippen LogP contribution in [0.1, 0.15) is 15.9 Å². The first-order chi connectivity index (χ1) is 11.1. The van der Waals surface area contributed by atoms with E-state index in [4.69, 9.17) is 0 Å². The van der Waals surface area contributed by atoms with E-state index in [1.54, 1.807) is 17.9 Å². The van der Waals surface area contributed by atoms with E-state index in [1.807, 2.05) is 36.5 Å². The van der Waals surface area contributed by atoms with Crippen molar-refractivity contribution < 1.29 is 9.18 Å². The second kappa shape index (κ2) is 6.39. The molecule has 0 spiro atoms. The highest BCUT2D eigenvalue weighted by atomic mass is 19.1. The largest absolute Gasteiger partial charge is 0.337 e. The van der Waals surface area contributed by atoms with Gasteiger partial charge in [0, 0.05) is 32.2 Å². The fourth-order valence-corrected chi connectivity index (χ4v) is 2.36. The molecule has 1 aromatic carbocycles. The lowest BCUT2D eigenvalue weighted by Gasteiger charge is -2.19. The molecule has 0 saturated heterocycles. The van der Waals surface area contributed by atoms with E-state index in [2.05, 4.69) is 10.1 Å². The smallest absolute Gasteiger partial charge is 0.255 e. The quantitative estimate of drug-likeness (QED) is 0.744. The Morgan fingerprint density at radius 1 is 1.26 bits per heavy atom. The van der Waals surface area contributed by atoms with E-state index >= 15 is 0 Å². The highest BCUT2D eigenvalue weighted by Crippen LogP contribution is 2.16. The van der Waals surface area contributed by atoms with Crippen LogP contribution in [0.3, 0.4) is 0 Å². The number of hydrogen-bond donors (Lipinski definition) is 0. The van der Waals surface area contributed by atoms with Crippen molar-refractivity contribution in [3.63, 3.8) is 0 Å². The number of aromatic nitrogens is 3. The fraction of sp³-hybridized carbons (Fsp3) is 0.118. The Kier molecular flexibility index (Phi) is 4.14. The van der Waals surface area contributed by atoms with Crippen molar-refractivity contribution in [1.82, 2.24) is 19.7 Å². The highest BCUT2D eigenvalue weighted by molar-refractivity contribution is 5.93. The predicted molar refractivity (Wildman–Crippen MR) is 83.6 cm³/mol. The van der Waals surface area contributed by atoms with Gasteiger partial charge in [0.2, 0.25) is 0 Å². The average Bonchev–Trinajstić information content (AvgIpc) is 3.09. The first-order valence-electron chi connectivity index (χ1n) is 7.09. The number of halogens is 1. The molecule has 3 aromatic rings. The van der Waals surface area contributed by atoms with E-state index in [9.17, 15) is 9.18 Å². The van der Waals surface area contributed by atoms with Crippen LogP contribution in [0.2, 0.25) is 0 Å². The highest BCUT2D eigenvalue weighted by Gasteiger charge is 2.15. The molecule has 3 rings (SSSR count). The summed E-state index contributed by atoms with van der Waals surface area (Å²) in [5.41, 5.74) is 2.06. The van der Waals surface area contributed by atoms with Crippen molar-refractivity contribution in [3.8, 4) is 5.69 Å². The summed E-state index contributed by atoms with van der Waals surface area (Å²) in [6.45, 7) is 0.380. The Labute approximate surface area is 133 Å². The number of pyridine rings is 1. The van der Waals surface area contributed by atoms with Gasteiger partial charge in [-0.25, -0.2) is 9.07 Å². The third kappa shape index (κ3) is 3.26. The van der Waals surface area contributed by atoms with Crippen molar-refractivity contribution in [2.24, 2.45) is 0 Å². The van der Waals surface area contributed by atoms with Gasteiger partial charge >= 0.3 is 0 Å². The first kappa shape index (κ1) is 14.9. The summed E-state index contributed by atoms with van der Waals surface area (Å²) in [6.07, 6.45) is 5.98. The first-order valence-corrected chi connectivity index (χ1v) is 7.09. The molecule has 1 amide bonds. The minimum absolute atomic E-state index is 0.226. The molecule has 0 aliphatic carbocycles. The lowest BCUT2D eigenvalue weighted by atomic mass is 10.1. The maximum atomic E-state index is 13.2. The van der Waals surface area contributed by atoms with Crippen LogP contribution in [-0.2, 0) is 6.54 Å². The van der Waals surface area contributed by atoms with Crippen molar-refractivity contribution in [2.45, 2.75) is 6.54 Å². The maximum absolute atomic E-state index is 13.2. The molecule has 0 aliphatic heterocycles. The van der Waals surface area contributed by atoms with E-state index in [0.717, 1.165) is 17.4 Å². The third-order valence-corrected chi connectivity index (χ3v) is 3.45. The summed E-state index contributed by atoms with van der Waals surface area (Å²) >= 11 is 0. The minimum atomic E-state index is -0.527. The predicted octanol–water partition coefficient (Wildman–Crippen LogP) is 2.68. The summed E-state index contributed by atoms with van der Waals surface area (Å²) in [7, 11) is 1.67. The van der Waals surface area contributed by atoms with Crippen LogP contribution in [0.25, 0.3) is 5.69 Å². The Morgan fingerprint density at radius 3 is 2.83 bits per heavy atom. The zero-order valence-electron chi connectivity index (χ0n) is 12.6. The molecule has 0 aliphatic rings. The normalized spacial score (nSPS) is 10.5. The monoisotopic (exact) mass is 310 g/mol. The summed E-state index contributed by atoms with van der Waals surface area (Å²) in [6, 6.07) is 10.7. The van der Waals surface area contributed by atoms with E-state index in [1.165, 1.54) is 17.2 Å². The molecule has 0 saturated carbocycles. The summed E-state index contributed by atoms with van der Waals surface area (Å²) in [5.74, 6) is -0.812. The van der Waals surface area contributed by atoms with Gasteiger partial charge in [0.1, 0.15) is 5.82 Å². The molecule has 0 fully saturated rings. The maximum Gasteiger partial charge on any atom is 0.255 e. The molecule has 2 aromatic heterocycles. The van der Waals surface area contributed by atoms with E-state index in [-0.39, 0.29) is 11.5 Å². The van der Waals surface area contributed by atoms with Crippen LogP contribution in [0.4, 0.5) is 4.39 Å². The lowest BCUT2D eigenvalue weighted by Crippen LogP contribution is -2.27. The van der Waals surface area contributed by atoms with E-state index < -0.39 is 5.82 Å². The number of hydrogen-bond acceptors (Lipinski definition) is 3. The van der Waals surface area contributed by atoms with Crippen molar-refractivity contribution in [2.75, 3.05) is 7.05 Å². The van der Waals surface area contributed by atoms with Crippen LogP contribution >= 0.6 is 0 Å². The lowest BCUT2D eigenvalue weighted by molar-refractivity contribution is 0.0784. The molecule has 2 heterocycles. The van der Waals surface area contributed by atoms with Gasteiger partial charge in [0.15, 0.2) is 0 Å². The molecule has 0 radical (unpaired) electrons. The number of benzene rings is 1. The standard InChI is InChI=1S/C17H15FN4O/c1-21(17(23)14-9-15(18)11-19-10-14)12-13-5-2-3-6-16(13)22-8-4-7-20-22/h2-11H,12H2,1H3. The molecule has 0 atom stereocenters. The SMILES string of the molecule is CN(Cc1ccccc1-n1cccn1)C(=O)c1cncc(F)c1. The van der Waals surface area contributed by atoms with Gasteiger partial charge in [-0.05, 0) is 23.8 Å². The van der Waals surface area contributed by atoms with Crippen LogP contribution < -0.4 is 0 Å².